The number of carbonyl (C=O) groups is 1. The minimum atomic E-state index is -1.88. The van der Waals surface area contributed by atoms with Crippen LogP contribution in [-0.2, 0) is 27.2 Å². The Hall–Kier alpha value is -1.96. The molecule has 7 heteroatoms. The van der Waals surface area contributed by atoms with E-state index in [1.165, 1.54) is 0 Å². The van der Waals surface area contributed by atoms with Crippen LogP contribution in [0.1, 0.15) is 63.0 Å². The van der Waals surface area contributed by atoms with Gasteiger partial charge in [-0.2, -0.15) is 0 Å². The van der Waals surface area contributed by atoms with E-state index in [9.17, 15) is 9.90 Å². The normalized spacial score (nSPS) is 13.4. The Morgan fingerprint density at radius 2 is 1.90 bits per heavy atom. The molecule has 0 aliphatic heterocycles. The van der Waals surface area contributed by atoms with Crippen LogP contribution in [0.4, 0.5) is 0 Å². The molecule has 0 fully saturated rings. The Bertz CT molecular complexity index is 782. The van der Waals surface area contributed by atoms with Crippen molar-refractivity contribution in [3.8, 4) is 0 Å². The van der Waals surface area contributed by atoms with Crippen molar-refractivity contribution in [3.63, 3.8) is 0 Å². The molecule has 0 unspecified atom stereocenters. The van der Waals surface area contributed by atoms with Crippen LogP contribution in [0.15, 0.2) is 40.9 Å². The minimum absolute atomic E-state index is 0.0103. The summed E-state index contributed by atoms with van der Waals surface area (Å²) in [5.41, 5.74) is 1.84. The van der Waals surface area contributed by atoms with Gasteiger partial charge in [0.1, 0.15) is 11.5 Å². The lowest BCUT2D eigenvalue weighted by Gasteiger charge is -2.35. The highest BCUT2D eigenvalue weighted by atomic mass is 28.4. The second-order valence-electron chi connectivity index (χ2n) is 9.24. The molecule has 0 radical (unpaired) electrons. The van der Waals surface area contributed by atoms with Gasteiger partial charge in [0, 0.05) is 18.6 Å². The van der Waals surface area contributed by atoms with Crippen molar-refractivity contribution >= 4 is 14.3 Å². The molecule has 1 aromatic heterocycles. The average molecular weight is 434 g/mol. The Morgan fingerprint density at radius 1 is 1.20 bits per heavy atom. The molecule has 1 atom stereocenters. The summed E-state index contributed by atoms with van der Waals surface area (Å²) in [5, 5.41) is 13.5. The quantitative estimate of drug-likeness (QED) is 0.339. The van der Waals surface area contributed by atoms with Crippen molar-refractivity contribution in [2.45, 2.75) is 77.3 Å². The molecule has 1 N–H and O–H groups in total. The van der Waals surface area contributed by atoms with Gasteiger partial charge >= 0.3 is 5.97 Å². The molecule has 1 heterocycles. The van der Waals surface area contributed by atoms with Crippen LogP contribution in [0.3, 0.4) is 0 Å². The zero-order valence-corrected chi connectivity index (χ0v) is 19.8. The third kappa shape index (κ3) is 7.70. The van der Waals surface area contributed by atoms with Crippen LogP contribution in [0.5, 0.6) is 0 Å². The maximum Gasteiger partial charge on any atom is 0.304 e. The van der Waals surface area contributed by atoms with Crippen LogP contribution in [0.2, 0.25) is 18.1 Å². The van der Waals surface area contributed by atoms with Gasteiger partial charge in [-0.25, -0.2) is 0 Å². The van der Waals surface area contributed by atoms with Crippen LogP contribution < -0.4 is 0 Å². The molecule has 6 nitrogen and oxygen atoms in total. The van der Waals surface area contributed by atoms with Gasteiger partial charge in [-0.1, -0.05) is 56.3 Å². The molecule has 0 bridgehead atoms. The summed E-state index contributed by atoms with van der Waals surface area (Å²) in [6, 6.07) is 11.8. The van der Waals surface area contributed by atoms with Crippen LogP contribution in [0.25, 0.3) is 0 Å². The number of hydrogen-bond acceptors (Lipinski definition) is 5. The first-order valence-electron chi connectivity index (χ1n) is 10.5. The Kier molecular flexibility index (Phi) is 8.82. The zero-order valence-electron chi connectivity index (χ0n) is 18.8. The van der Waals surface area contributed by atoms with Crippen molar-refractivity contribution in [3.05, 3.63) is 53.4 Å². The van der Waals surface area contributed by atoms with E-state index in [0.717, 1.165) is 12.0 Å². The molecule has 2 rings (SSSR count). The molecule has 0 saturated heterocycles. The largest absolute Gasteiger partial charge is 0.481 e. The lowest BCUT2D eigenvalue weighted by Crippen LogP contribution is -2.40. The van der Waals surface area contributed by atoms with E-state index in [4.69, 9.17) is 13.7 Å². The third-order valence-corrected chi connectivity index (χ3v) is 10.2. The highest BCUT2D eigenvalue weighted by molar-refractivity contribution is 6.74. The first-order chi connectivity index (χ1) is 14.1. The number of ether oxygens (including phenoxy) is 1. The maximum absolute atomic E-state index is 11.3. The Balaban J connectivity index is 1.86. The topological polar surface area (TPSA) is 81.8 Å². The van der Waals surface area contributed by atoms with Gasteiger partial charge in [0.25, 0.3) is 0 Å². The summed E-state index contributed by atoms with van der Waals surface area (Å²) in [6.07, 6.45) is 1.43. The summed E-state index contributed by atoms with van der Waals surface area (Å²) in [4.78, 5) is 11.3. The number of aromatic nitrogens is 1. The summed E-state index contributed by atoms with van der Waals surface area (Å²) in [6.45, 7) is 12.5. The van der Waals surface area contributed by atoms with Gasteiger partial charge in [0.15, 0.2) is 8.32 Å². The van der Waals surface area contributed by atoms with Crippen LogP contribution in [0, 0.1) is 0 Å². The number of carboxylic acid groups (broad SMARTS) is 1. The Morgan fingerprint density at radius 3 is 2.53 bits per heavy atom. The first-order valence-corrected chi connectivity index (χ1v) is 13.4. The maximum atomic E-state index is 11.3. The van der Waals surface area contributed by atoms with E-state index >= 15 is 0 Å². The smallest absolute Gasteiger partial charge is 0.304 e. The number of hydrogen-bond donors (Lipinski definition) is 1. The van der Waals surface area contributed by atoms with Gasteiger partial charge in [0.05, 0.1) is 19.6 Å². The molecule has 0 saturated carbocycles. The van der Waals surface area contributed by atoms with Gasteiger partial charge < -0.3 is 18.8 Å². The average Bonchev–Trinajstić information content (AvgIpc) is 3.14. The molecule has 0 aliphatic carbocycles. The van der Waals surface area contributed by atoms with Gasteiger partial charge in [-0.3, -0.25) is 4.79 Å². The van der Waals surface area contributed by atoms with Crippen molar-refractivity contribution in [2.75, 3.05) is 6.61 Å². The van der Waals surface area contributed by atoms with Gasteiger partial charge in [-0.15, -0.1) is 0 Å². The molecule has 0 spiro atoms. The van der Waals surface area contributed by atoms with Crippen molar-refractivity contribution in [2.24, 2.45) is 0 Å². The summed E-state index contributed by atoms with van der Waals surface area (Å²) in [7, 11) is -1.88. The predicted octanol–water partition coefficient (Wildman–Crippen LogP) is 5.75. The van der Waals surface area contributed by atoms with Gasteiger partial charge in [0.2, 0.25) is 0 Å². The predicted molar refractivity (Wildman–Crippen MR) is 119 cm³/mol. The van der Waals surface area contributed by atoms with E-state index in [2.05, 4.69) is 39.0 Å². The molecule has 0 amide bonds. The molecule has 0 aliphatic rings. The summed E-state index contributed by atoms with van der Waals surface area (Å²) >= 11 is 0. The molecule has 2 aromatic rings. The fraction of sp³-hybridized carbons (Fsp3) is 0.565. The van der Waals surface area contributed by atoms with Gasteiger partial charge in [-0.05, 0) is 36.5 Å². The van der Waals surface area contributed by atoms with E-state index < -0.39 is 14.3 Å². The molecule has 30 heavy (non-hydrogen) atoms. The SMILES string of the molecule is CC(C)(C)[Si](C)(C)OCc1cc([C@@H](CCCOCc2ccccc2)CC(=O)O)on1. The lowest BCUT2D eigenvalue weighted by atomic mass is 9.96. The monoisotopic (exact) mass is 433 g/mol. The van der Waals surface area contributed by atoms with E-state index in [0.29, 0.717) is 37.7 Å². The summed E-state index contributed by atoms with van der Waals surface area (Å²) in [5.74, 6) is -0.466. The number of aliphatic carboxylic acids is 1. The second-order valence-corrected chi connectivity index (χ2v) is 14.1. The van der Waals surface area contributed by atoms with Crippen LogP contribution >= 0.6 is 0 Å². The fourth-order valence-corrected chi connectivity index (χ4v) is 3.75. The summed E-state index contributed by atoms with van der Waals surface area (Å²) < 4.78 is 17.4. The highest BCUT2D eigenvalue weighted by Crippen LogP contribution is 2.37. The fourth-order valence-electron chi connectivity index (χ4n) is 2.81. The zero-order chi connectivity index (χ0) is 22.2. The molecule has 1 aromatic carbocycles. The van der Waals surface area contributed by atoms with Crippen LogP contribution in [-0.4, -0.2) is 31.2 Å². The second kappa shape index (κ2) is 10.9. The molecular weight excluding hydrogens is 398 g/mol. The molecular formula is C23H35NO5Si. The van der Waals surface area contributed by atoms with Crippen molar-refractivity contribution in [1.82, 2.24) is 5.16 Å². The number of carboxylic acids is 1. The molecule has 166 valence electrons. The highest BCUT2D eigenvalue weighted by Gasteiger charge is 2.37. The third-order valence-electron chi connectivity index (χ3n) is 5.74. The first kappa shape index (κ1) is 24.3. The van der Waals surface area contributed by atoms with Crippen molar-refractivity contribution in [1.29, 1.82) is 0 Å². The number of nitrogens with zero attached hydrogens (tertiary/aromatic N) is 1. The lowest BCUT2D eigenvalue weighted by molar-refractivity contribution is -0.137. The Labute approximate surface area is 180 Å². The number of rotatable bonds is 12. The number of benzene rings is 1. The minimum Gasteiger partial charge on any atom is -0.481 e. The standard InChI is InChI=1S/C23H35NO5Si/c1-23(2,3)30(4,5)28-17-20-15-21(29-24-20)19(14-22(25)26)12-9-13-27-16-18-10-7-6-8-11-18/h6-8,10-11,15,19H,9,12-14,16-17H2,1-5H3,(H,25,26)/t19-/m0/s1. The van der Waals surface area contributed by atoms with Crippen molar-refractivity contribution < 1.29 is 23.6 Å². The van der Waals surface area contributed by atoms with E-state index in [1.807, 2.05) is 36.4 Å². The van der Waals surface area contributed by atoms with E-state index in [1.54, 1.807) is 0 Å². The van der Waals surface area contributed by atoms with E-state index in [-0.39, 0.29) is 17.4 Å².